The highest BCUT2D eigenvalue weighted by atomic mass is 79.9. The zero-order chi connectivity index (χ0) is 13.9. The molecule has 0 radical (unpaired) electrons. The Morgan fingerprint density at radius 2 is 2.05 bits per heavy atom. The van der Waals surface area contributed by atoms with Crippen molar-refractivity contribution in [2.45, 2.75) is 45.2 Å². The van der Waals surface area contributed by atoms with E-state index in [0.717, 1.165) is 6.54 Å². The predicted octanol–water partition coefficient (Wildman–Crippen LogP) is 5.24. The van der Waals surface area contributed by atoms with Crippen molar-refractivity contribution < 1.29 is 0 Å². The molecule has 0 aliphatic heterocycles. The van der Waals surface area contributed by atoms with E-state index in [4.69, 9.17) is 0 Å². The Morgan fingerprint density at radius 3 is 2.85 bits per heavy atom. The van der Waals surface area contributed by atoms with Crippen molar-refractivity contribution in [1.29, 1.82) is 0 Å². The van der Waals surface area contributed by atoms with Crippen molar-refractivity contribution >= 4 is 27.3 Å². The van der Waals surface area contributed by atoms with Crippen LogP contribution in [0.3, 0.4) is 0 Å². The van der Waals surface area contributed by atoms with Crippen molar-refractivity contribution in [1.82, 2.24) is 5.32 Å². The van der Waals surface area contributed by atoms with Crippen LogP contribution in [0.5, 0.6) is 0 Å². The van der Waals surface area contributed by atoms with Crippen molar-refractivity contribution in [3.8, 4) is 0 Å². The number of rotatable bonds is 4. The van der Waals surface area contributed by atoms with Crippen LogP contribution in [-0.4, -0.2) is 0 Å². The summed E-state index contributed by atoms with van der Waals surface area (Å²) >= 11 is 5.62. The molecule has 1 aliphatic rings. The Labute approximate surface area is 133 Å². The fraction of sp³-hybridized carbons (Fsp3) is 0.412. The second-order valence-electron chi connectivity index (χ2n) is 5.50. The second-order valence-corrected chi connectivity index (χ2v) is 7.52. The quantitative estimate of drug-likeness (QED) is 0.795. The average molecular weight is 350 g/mol. The van der Waals surface area contributed by atoms with E-state index in [2.05, 4.69) is 58.5 Å². The summed E-state index contributed by atoms with van der Waals surface area (Å²) < 4.78 is 1.19. The number of halogens is 1. The van der Waals surface area contributed by atoms with Crippen LogP contribution in [0.4, 0.5) is 0 Å². The molecular formula is C17H20BrNS. The van der Waals surface area contributed by atoms with Gasteiger partial charge in [-0.1, -0.05) is 34.1 Å². The zero-order valence-corrected chi connectivity index (χ0v) is 14.2. The highest BCUT2D eigenvalue weighted by Gasteiger charge is 2.16. The summed E-state index contributed by atoms with van der Waals surface area (Å²) in [5.74, 6) is 0. The van der Waals surface area contributed by atoms with E-state index >= 15 is 0 Å². The monoisotopic (exact) mass is 349 g/mol. The van der Waals surface area contributed by atoms with Crippen LogP contribution >= 0.6 is 27.3 Å². The lowest BCUT2D eigenvalue weighted by molar-refractivity contribution is 0.581. The van der Waals surface area contributed by atoms with Gasteiger partial charge >= 0.3 is 0 Å². The van der Waals surface area contributed by atoms with Crippen LogP contribution in [0.25, 0.3) is 0 Å². The van der Waals surface area contributed by atoms with Crippen molar-refractivity contribution in [2.75, 3.05) is 0 Å². The number of nitrogens with one attached hydrogen (secondary N) is 1. The van der Waals surface area contributed by atoms with Gasteiger partial charge < -0.3 is 5.32 Å². The Hall–Kier alpha value is -0.640. The maximum absolute atomic E-state index is 3.65. The van der Waals surface area contributed by atoms with E-state index in [9.17, 15) is 0 Å². The van der Waals surface area contributed by atoms with Gasteiger partial charge in [0.25, 0.3) is 0 Å². The molecule has 0 saturated heterocycles. The van der Waals surface area contributed by atoms with Gasteiger partial charge in [-0.2, -0.15) is 0 Å². The van der Waals surface area contributed by atoms with Gasteiger partial charge in [-0.3, -0.25) is 0 Å². The summed E-state index contributed by atoms with van der Waals surface area (Å²) in [6.07, 6.45) is 5.30. The lowest BCUT2D eigenvalue weighted by atomic mass is 9.99. The number of fused-ring (bicyclic) bond motifs is 1. The summed E-state index contributed by atoms with van der Waals surface area (Å²) in [5.41, 5.74) is 2.92. The van der Waals surface area contributed by atoms with Gasteiger partial charge in [0.1, 0.15) is 0 Å². The maximum Gasteiger partial charge on any atom is 0.0389 e. The minimum Gasteiger partial charge on any atom is -0.305 e. The molecule has 1 aromatic heterocycles. The van der Waals surface area contributed by atoms with Crippen molar-refractivity contribution in [3.63, 3.8) is 0 Å². The molecule has 1 atom stereocenters. The first-order chi connectivity index (χ1) is 9.74. The highest BCUT2D eigenvalue weighted by Crippen LogP contribution is 2.33. The van der Waals surface area contributed by atoms with Gasteiger partial charge in [0.2, 0.25) is 0 Å². The van der Waals surface area contributed by atoms with E-state index in [1.807, 2.05) is 11.3 Å². The third-order valence-electron chi connectivity index (χ3n) is 4.00. The largest absolute Gasteiger partial charge is 0.305 e. The summed E-state index contributed by atoms with van der Waals surface area (Å²) in [7, 11) is 0. The summed E-state index contributed by atoms with van der Waals surface area (Å²) in [5, 5.41) is 3.65. The SMILES string of the molecule is CC(NCc1ccccc1Br)c1cc2c(s1)CCCC2. The number of benzene rings is 1. The van der Waals surface area contributed by atoms with Gasteiger partial charge in [0.05, 0.1) is 0 Å². The lowest BCUT2D eigenvalue weighted by Gasteiger charge is -2.13. The first-order valence-corrected chi connectivity index (χ1v) is 8.93. The molecule has 1 nitrogen and oxygen atoms in total. The Balaban J connectivity index is 1.66. The Bertz CT molecular complexity index is 567. The standard InChI is InChI=1S/C17H20BrNS/c1-12(19-11-14-7-2-4-8-15(14)18)17-10-13-6-3-5-9-16(13)20-17/h2,4,7-8,10,12,19H,3,5-6,9,11H2,1H3. The first kappa shape index (κ1) is 14.3. The summed E-state index contributed by atoms with van der Waals surface area (Å²) in [4.78, 5) is 3.12. The fourth-order valence-electron chi connectivity index (χ4n) is 2.73. The molecular weight excluding hydrogens is 330 g/mol. The van der Waals surface area contributed by atoms with Gasteiger partial charge in [-0.05, 0) is 55.9 Å². The summed E-state index contributed by atoms with van der Waals surface area (Å²) in [6.45, 7) is 3.18. The molecule has 0 fully saturated rings. The highest BCUT2D eigenvalue weighted by molar-refractivity contribution is 9.10. The molecule has 2 aromatic rings. The minimum absolute atomic E-state index is 0.428. The van der Waals surface area contributed by atoms with Gasteiger partial charge in [-0.25, -0.2) is 0 Å². The van der Waals surface area contributed by atoms with Crippen LogP contribution in [0, 0.1) is 0 Å². The number of hydrogen-bond acceptors (Lipinski definition) is 2. The zero-order valence-electron chi connectivity index (χ0n) is 11.8. The summed E-state index contributed by atoms with van der Waals surface area (Å²) in [6, 6.07) is 11.3. The topological polar surface area (TPSA) is 12.0 Å². The lowest BCUT2D eigenvalue weighted by Crippen LogP contribution is -2.17. The molecule has 0 bridgehead atoms. The molecule has 1 N–H and O–H groups in total. The van der Waals surface area contributed by atoms with E-state index in [-0.39, 0.29) is 0 Å². The van der Waals surface area contributed by atoms with Gasteiger partial charge in [0.15, 0.2) is 0 Å². The Morgan fingerprint density at radius 1 is 1.25 bits per heavy atom. The smallest absolute Gasteiger partial charge is 0.0389 e. The second kappa shape index (κ2) is 6.42. The van der Waals surface area contributed by atoms with Gasteiger partial charge in [-0.15, -0.1) is 11.3 Å². The van der Waals surface area contributed by atoms with Crippen LogP contribution in [0.1, 0.15) is 46.7 Å². The first-order valence-electron chi connectivity index (χ1n) is 7.32. The molecule has 0 spiro atoms. The molecule has 1 aromatic carbocycles. The number of hydrogen-bond donors (Lipinski definition) is 1. The average Bonchev–Trinajstić information content (AvgIpc) is 2.90. The van der Waals surface area contributed by atoms with E-state index in [1.54, 1.807) is 10.4 Å². The molecule has 1 heterocycles. The Kier molecular flexibility index (Phi) is 4.59. The third kappa shape index (κ3) is 3.16. The molecule has 3 heteroatoms. The molecule has 1 unspecified atom stereocenters. The molecule has 0 amide bonds. The van der Waals surface area contributed by atoms with Crippen LogP contribution in [0.2, 0.25) is 0 Å². The van der Waals surface area contributed by atoms with Crippen LogP contribution in [-0.2, 0) is 19.4 Å². The molecule has 106 valence electrons. The van der Waals surface area contributed by atoms with Crippen LogP contribution < -0.4 is 5.32 Å². The third-order valence-corrected chi connectivity index (χ3v) is 6.19. The molecule has 1 aliphatic carbocycles. The predicted molar refractivity (Wildman–Crippen MR) is 90.4 cm³/mol. The number of thiophene rings is 1. The van der Waals surface area contributed by atoms with E-state index in [1.165, 1.54) is 40.6 Å². The molecule has 3 rings (SSSR count). The van der Waals surface area contributed by atoms with Crippen molar-refractivity contribution in [2.24, 2.45) is 0 Å². The van der Waals surface area contributed by atoms with E-state index < -0.39 is 0 Å². The number of aryl methyl sites for hydroxylation is 2. The molecule has 20 heavy (non-hydrogen) atoms. The van der Waals surface area contributed by atoms with Crippen LogP contribution in [0.15, 0.2) is 34.8 Å². The van der Waals surface area contributed by atoms with Crippen molar-refractivity contribution in [3.05, 3.63) is 55.7 Å². The minimum atomic E-state index is 0.428. The fourth-order valence-corrected chi connectivity index (χ4v) is 4.44. The van der Waals surface area contributed by atoms with E-state index in [0.29, 0.717) is 6.04 Å². The van der Waals surface area contributed by atoms with Gasteiger partial charge in [0, 0.05) is 26.8 Å². The normalized spacial score (nSPS) is 15.9. The maximum atomic E-state index is 3.65. The molecule has 0 saturated carbocycles.